The van der Waals surface area contributed by atoms with Crippen LogP contribution in [0.1, 0.15) is 123 Å². The Hall–Kier alpha value is -2.26. The van der Waals surface area contributed by atoms with Gasteiger partial charge in [-0.25, -0.2) is 13.7 Å². The van der Waals surface area contributed by atoms with Gasteiger partial charge in [0.2, 0.25) is 5.89 Å². The highest BCUT2D eigenvalue weighted by Gasteiger charge is 2.55. The fourth-order valence-electron chi connectivity index (χ4n) is 5.75. The third-order valence-corrected chi connectivity index (χ3v) is 10.4. The normalized spacial score (nSPS) is 28.5. The smallest absolute Gasteiger partial charge is 0.410 e. The number of nitrogens with one attached hydrogen (secondary N) is 1. The second-order valence-corrected chi connectivity index (χ2v) is 16.4. The SMILES string of the molecule is CC1(N[S@](=O)C(C)(C)C)CCC(c2nc(C3(CN(C(=O)OC(C)(C)C)[C@@H]4C[C@H]4c4ccccc4)CC3)no2)CC1. The predicted molar refractivity (Wildman–Crippen MR) is 156 cm³/mol. The first-order valence-electron chi connectivity index (χ1n) is 14.8. The van der Waals surface area contributed by atoms with Crippen LogP contribution in [0.25, 0.3) is 0 Å². The van der Waals surface area contributed by atoms with E-state index in [9.17, 15) is 9.00 Å². The molecule has 3 aliphatic carbocycles. The van der Waals surface area contributed by atoms with Gasteiger partial charge in [0.25, 0.3) is 0 Å². The number of benzene rings is 1. The second kappa shape index (κ2) is 10.5. The monoisotopic (exact) mass is 570 g/mol. The Bertz CT molecular complexity index is 1220. The van der Waals surface area contributed by atoms with Gasteiger partial charge in [0.1, 0.15) is 5.60 Å². The molecule has 1 aromatic heterocycles. The van der Waals surface area contributed by atoms with Crippen molar-refractivity contribution < 1.29 is 18.3 Å². The molecule has 3 fully saturated rings. The third-order valence-electron chi connectivity index (χ3n) is 8.59. The Morgan fingerprint density at radius 2 is 1.75 bits per heavy atom. The van der Waals surface area contributed by atoms with Gasteiger partial charge in [-0.05, 0) is 99.0 Å². The predicted octanol–water partition coefficient (Wildman–Crippen LogP) is 6.36. The Balaban J connectivity index is 1.26. The molecule has 40 heavy (non-hydrogen) atoms. The highest BCUT2D eigenvalue weighted by molar-refractivity contribution is 7.84. The number of ether oxygens (including phenoxy) is 1. The van der Waals surface area contributed by atoms with Crippen LogP contribution in [-0.2, 0) is 21.1 Å². The zero-order chi connectivity index (χ0) is 28.9. The quantitative estimate of drug-likeness (QED) is 0.397. The molecule has 0 spiro atoms. The number of nitrogens with zero attached hydrogens (tertiary/aromatic N) is 3. The van der Waals surface area contributed by atoms with E-state index in [0.29, 0.717) is 24.2 Å². The highest BCUT2D eigenvalue weighted by Crippen LogP contribution is 2.52. The standard InChI is InChI=1S/C31H46N4O4S/c1-28(2,3)38-27(36)35(24-19-23(24)21-11-9-8-10-12-21)20-31(17-18-31)26-32-25(39-33-26)22-13-15-30(7,16-14-22)34-40(37)29(4,5)6/h8-12,22-24,34H,13-20H2,1-7H3/t22?,23-,24+,30?,40+/m0/s1. The summed E-state index contributed by atoms with van der Waals surface area (Å²) in [6, 6.07) is 10.5. The maximum atomic E-state index is 13.4. The summed E-state index contributed by atoms with van der Waals surface area (Å²) in [6.45, 7) is 14.4. The zero-order valence-electron chi connectivity index (χ0n) is 25.2. The minimum Gasteiger partial charge on any atom is -0.444 e. The van der Waals surface area contributed by atoms with Crippen LogP contribution in [0.15, 0.2) is 34.9 Å². The lowest BCUT2D eigenvalue weighted by molar-refractivity contribution is 0.0208. The Morgan fingerprint density at radius 1 is 1.10 bits per heavy atom. The third kappa shape index (κ3) is 6.62. The lowest BCUT2D eigenvalue weighted by Gasteiger charge is -2.38. The van der Waals surface area contributed by atoms with Crippen molar-refractivity contribution in [3.63, 3.8) is 0 Å². The number of carbonyl (C=O) groups excluding carboxylic acids is 1. The highest BCUT2D eigenvalue weighted by atomic mass is 32.2. The van der Waals surface area contributed by atoms with Gasteiger partial charge in [-0.15, -0.1) is 0 Å². The van der Waals surface area contributed by atoms with Crippen LogP contribution in [-0.4, -0.2) is 53.8 Å². The van der Waals surface area contributed by atoms with Crippen molar-refractivity contribution in [3.05, 3.63) is 47.6 Å². The zero-order valence-corrected chi connectivity index (χ0v) is 26.0. The van der Waals surface area contributed by atoms with Crippen molar-refractivity contribution in [2.24, 2.45) is 0 Å². The van der Waals surface area contributed by atoms with E-state index in [1.165, 1.54) is 5.56 Å². The van der Waals surface area contributed by atoms with Crippen molar-refractivity contribution in [2.75, 3.05) is 6.54 Å². The van der Waals surface area contributed by atoms with Gasteiger partial charge in [0, 0.05) is 30.0 Å². The Labute approximate surface area is 241 Å². The van der Waals surface area contributed by atoms with Crippen molar-refractivity contribution in [1.82, 2.24) is 19.8 Å². The summed E-state index contributed by atoms with van der Waals surface area (Å²) >= 11 is 0. The lowest BCUT2D eigenvalue weighted by Crippen LogP contribution is -2.49. The minimum absolute atomic E-state index is 0.114. The number of hydrogen-bond acceptors (Lipinski definition) is 6. The van der Waals surface area contributed by atoms with Gasteiger partial charge in [-0.1, -0.05) is 35.5 Å². The maximum Gasteiger partial charge on any atom is 0.410 e. The molecule has 1 aromatic carbocycles. The summed E-state index contributed by atoms with van der Waals surface area (Å²) in [5.41, 5.74) is 0.254. The van der Waals surface area contributed by atoms with Gasteiger partial charge in [-0.2, -0.15) is 4.98 Å². The van der Waals surface area contributed by atoms with Crippen LogP contribution in [0.2, 0.25) is 0 Å². The van der Waals surface area contributed by atoms with E-state index in [1.54, 1.807) is 0 Å². The molecule has 1 N–H and O–H groups in total. The molecule has 2 aromatic rings. The summed E-state index contributed by atoms with van der Waals surface area (Å²) < 4.78 is 27.5. The molecule has 0 radical (unpaired) electrons. The molecule has 3 aliphatic rings. The van der Waals surface area contributed by atoms with Crippen LogP contribution in [0, 0.1) is 0 Å². The van der Waals surface area contributed by atoms with Gasteiger partial charge in [0.15, 0.2) is 5.82 Å². The van der Waals surface area contributed by atoms with Crippen LogP contribution < -0.4 is 4.72 Å². The van der Waals surface area contributed by atoms with E-state index in [4.69, 9.17) is 14.2 Å². The first-order chi connectivity index (χ1) is 18.7. The van der Waals surface area contributed by atoms with E-state index in [2.05, 4.69) is 41.1 Å². The van der Waals surface area contributed by atoms with E-state index >= 15 is 0 Å². The molecule has 220 valence electrons. The van der Waals surface area contributed by atoms with Gasteiger partial charge < -0.3 is 14.2 Å². The van der Waals surface area contributed by atoms with Crippen molar-refractivity contribution >= 4 is 17.1 Å². The molecular formula is C31H46N4O4S. The maximum absolute atomic E-state index is 13.4. The Morgan fingerprint density at radius 3 is 2.33 bits per heavy atom. The molecule has 5 rings (SSSR count). The molecule has 3 atom stereocenters. The molecule has 0 bridgehead atoms. The fourth-order valence-corrected chi connectivity index (χ4v) is 6.71. The van der Waals surface area contributed by atoms with E-state index in [1.807, 2.05) is 52.5 Å². The largest absolute Gasteiger partial charge is 0.444 e. The molecule has 1 heterocycles. The van der Waals surface area contributed by atoms with Crippen LogP contribution in [0.4, 0.5) is 4.79 Å². The number of rotatable bonds is 8. The van der Waals surface area contributed by atoms with Gasteiger partial charge >= 0.3 is 6.09 Å². The van der Waals surface area contributed by atoms with Crippen molar-refractivity contribution in [1.29, 1.82) is 0 Å². The molecule has 9 heteroatoms. The van der Waals surface area contributed by atoms with Crippen LogP contribution in [0.5, 0.6) is 0 Å². The summed E-state index contributed by atoms with van der Waals surface area (Å²) in [7, 11) is -1.10. The van der Waals surface area contributed by atoms with E-state index < -0.39 is 16.6 Å². The number of aromatic nitrogens is 2. The lowest BCUT2D eigenvalue weighted by atomic mass is 9.78. The minimum atomic E-state index is -1.10. The molecule has 1 amide bonds. The molecular weight excluding hydrogens is 524 g/mol. The van der Waals surface area contributed by atoms with Gasteiger partial charge in [-0.3, -0.25) is 0 Å². The summed E-state index contributed by atoms with van der Waals surface area (Å²) in [4.78, 5) is 20.3. The van der Waals surface area contributed by atoms with Gasteiger partial charge in [0.05, 0.1) is 21.1 Å². The average molecular weight is 571 g/mol. The first-order valence-corrected chi connectivity index (χ1v) is 15.9. The van der Waals surface area contributed by atoms with E-state index in [-0.39, 0.29) is 33.8 Å². The van der Waals surface area contributed by atoms with Crippen LogP contribution >= 0.6 is 0 Å². The Kier molecular flexibility index (Phi) is 7.70. The molecule has 0 aliphatic heterocycles. The first kappa shape index (κ1) is 29.2. The topological polar surface area (TPSA) is 97.6 Å². The fraction of sp³-hybridized carbons (Fsp3) is 0.710. The molecule has 0 unspecified atom stereocenters. The second-order valence-electron chi connectivity index (χ2n) is 14.5. The van der Waals surface area contributed by atoms with E-state index in [0.717, 1.165) is 44.9 Å². The van der Waals surface area contributed by atoms with Crippen molar-refractivity contribution in [2.45, 2.75) is 133 Å². The van der Waals surface area contributed by atoms with Crippen LogP contribution in [0.3, 0.4) is 0 Å². The molecule has 3 saturated carbocycles. The number of hydrogen-bond donors (Lipinski definition) is 1. The molecule has 8 nitrogen and oxygen atoms in total. The molecule has 0 saturated heterocycles. The number of amides is 1. The average Bonchev–Trinajstić information content (AvgIpc) is 3.78. The number of carbonyl (C=O) groups is 1. The summed E-state index contributed by atoms with van der Waals surface area (Å²) in [5.74, 6) is 1.93. The van der Waals surface area contributed by atoms with Crippen molar-refractivity contribution in [3.8, 4) is 0 Å². The summed E-state index contributed by atoms with van der Waals surface area (Å²) in [5, 5.41) is 4.46. The summed E-state index contributed by atoms with van der Waals surface area (Å²) in [6.07, 6.45) is 6.14.